The summed E-state index contributed by atoms with van der Waals surface area (Å²) in [6, 6.07) is 7.15. The van der Waals surface area contributed by atoms with Crippen LogP contribution in [-0.2, 0) is 5.54 Å². The van der Waals surface area contributed by atoms with Crippen LogP contribution in [0, 0.1) is 5.92 Å². The maximum atomic E-state index is 13.0. The van der Waals surface area contributed by atoms with E-state index in [1.54, 1.807) is 18.2 Å². The summed E-state index contributed by atoms with van der Waals surface area (Å²) in [4.78, 5) is 0. The molecule has 2 unspecified atom stereocenters. The molecule has 0 aromatic heterocycles. The topological polar surface area (TPSA) is 35.2 Å². The standard InChI is InChI=1S/C15H20F3NO/c1-2-20-13-8-4-3-7-12(13)14(19)9-5-6-11(10-14)15(16,17)18/h3-4,7-8,11H,2,5-6,9-10,19H2,1H3. The van der Waals surface area contributed by atoms with Crippen molar-refractivity contribution in [1.29, 1.82) is 0 Å². The zero-order valence-electron chi connectivity index (χ0n) is 11.5. The number of alkyl halides is 3. The molecule has 1 aliphatic rings. The van der Waals surface area contributed by atoms with Crippen LogP contribution in [0.5, 0.6) is 5.75 Å². The number of rotatable bonds is 3. The molecular weight excluding hydrogens is 267 g/mol. The van der Waals surface area contributed by atoms with Crippen molar-refractivity contribution in [2.75, 3.05) is 6.61 Å². The summed E-state index contributed by atoms with van der Waals surface area (Å²) in [5.74, 6) is -0.726. The second-order valence-corrected chi connectivity index (χ2v) is 5.42. The van der Waals surface area contributed by atoms with Crippen molar-refractivity contribution in [3.63, 3.8) is 0 Å². The zero-order chi connectivity index (χ0) is 14.8. The number of hydrogen-bond donors (Lipinski definition) is 1. The molecule has 112 valence electrons. The Morgan fingerprint density at radius 3 is 2.70 bits per heavy atom. The number of ether oxygens (including phenoxy) is 1. The summed E-state index contributed by atoms with van der Waals surface area (Å²) in [7, 11) is 0. The summed E-state index contributed by atoms with van der Waals surface area (Å²) in [6.07, 6.45) is -3.03. The van der Waals surface area contributed by atoms with Gasteiger partial charge in [-0.2, -0.15) is 13.2 Å². The molecule has 5 heteroatoms. The molecule has 2 rings (SSSR count). The first-order valence-electron chi connectivity index (χ1n) is 6.95. The smallest absolute Gasteiger partial charge is 0.391 e. The van der Waals surface area contributed by atoms with E-state index in [9.17, 15) is 13.2 Å². The molecule has 2 N–H and O–H groups in total. The van der Waals surface area contributed by atoms with E-state index in [0.717, 1.165) is 0 Å². The molecule has 1 fully saturated rings. The maximum absolute atomic E-state index is 13.0. The van der Waals surface area contributed by atoms with Gasteiger partial charge in [0.25, 0.3) is 0 Å². The number of nitrogens with two attached hydrogens (primary N) is 1. The van der Waals surface area contributed by atoms with Crippen molar-refractivity contribution in [1.82, 2.24) is 0 Å². The average Bonchev–Trinajstić information content (AvgIpc) is 2.39. The Labute approximate surface area is 117 Å². The first-order valence-corrected chi connectivity index (χ1v) is 6.95. The van der Waals surface area contributed by atoms with Crippen LogP contribution in [0.1, 0.15) is 38.2 Å². The van der Waals surface area contributed by atoms with Gasteiger partial charge in [0.15, 0.2) is 0 Å². The first kappa shape index (κ1) is 15.2. The number of halogens is 3. The average molecular weight is 287 g/mol. The molecule has 0 spiro atoms. The highest BCUT2D eigenvalue weighted by atomic mass is 19.4. The van der Waals surface area contributed by atoms with Gasteiger partial charge in [-0.05, 0) is 32.3 Å². The predicted molar refractivity (Wildman–Crippen MR) is 71.5 cm³/mol. The van der Waals surface area contributed by atoms with Gasteiger partial charge in [-0.3, -0.25) is 0 Å². The van der Waals surface area contributed by atoms with Crippen LogP contribution in [0.25, 0.3) is 0 Å². The van der Waals surface area contributed by atoms with E-state index in [4.69, 9.17) is 10.5 Å². The Hall–Kier alpha value is -1.23. The van der Waals surface area contributed by atoms with Gasteiger partial charge in [0.2, 0.25) is 0 Å². The van der Waals surface area contributed by atoms with Crippen molar-refractivity contribution in [2.24, 2.45) is 11.7 Å². The van der Waals surface area contributed by atoms with Crippen LogP contribution in [0.2, 0.25) is 0 Å². The molecular formula is C15H20F3NO. The summed E-state index contributed by atoms with van der Waals surface area (Å²) < 4.78 is 44.4. The van der Waals surface area contributed by atoms with Gasteiger partial charge in [0, 0.05) is 11.1 Å². The zero-order valence-corrected chi connectivity index (χ0v) is 11.5. The molecule has 0 saturated heterocycles. The van der Waals surface area contributed by atoms with Gasteiger partial charge in [-0.1, -0.05) is 24.6 Å². The van der Waals surface area contributed by atoms with Gasteiger partial charge in [0.05, 0.1) is 12.5 Å². The Balaban J connectivity index is 2.30. The third-order valence-electron chi connectivity index (χ3n) is 3.97. The van der Waals surface area contributed by atoms with Crippen LogP contribution < -0.4 is 10.5 Å². The van der Waals surface area contributed by atoms with Crippen molar-refractivity contribution >= 4 is 0 Å². The van der Waals surface area contributed by atoms with E-state index >= 15 is 0 Å². The fourth-order valence-electron chi connectivity index (χ4n) is 2.99. The van der Waals surface area contributed by atoms with E-state index in [2.05, 4.69) is 0 Å². The molecule has 1 aromatic rings. The second kappa shape index (κ2) is 5.64. The van der Waals surface area contributed by atoms with Crippen molar-refractivity contribution in [3.05, 3.63) is 29.8 Å². The summed E-state index contributed by atoms with van der Waals surface area (Å²) in [5.41, 5.74) is 6.05. The summed E-state index contributed by atoms with van der Waals surface area (Å²) in [6.45, 7) is 2.31. The number of benzene rings is 1. The molecule has 2 nitrogen and oxygen atoms in total. The highest BCUT2D eigenvalue weighted by molar-refractivity contribution is 5.39. The Kier molecular flexibility index (Phi) is 4.28. The lowest BCUT2D eigenvalue weighted by Gasteiger charge is -2.39. The second-order valence-electron chi connectivity index (χ2n) is 5.42. The Morgan fingerprint density at radius 1 is 1.35 bits per heavy atom. The normalized spacial score (nSPS) is 27.4. The van der Waals surface area contributed by atoms with E-state index in [1.807, 2.05) is 13.0 Å². The van der Waals surface area contributed by atoms with Crippen LogP contribution in [0.4, 0.5) is 13.2 Å². The number of para-hydroxylation sites is 1. The van der Waals surface area contributed by atoms with Gasteiger partial charge < -0.3 is 10.5 Å². The van der Waals surface area contributed by atoms with Crippen molar-refractivity contribution < 1.29 is 17.9 Å². The lowest BCUT2D eigenvalue weighted by molar-refractivity contribution is -0.187. The van der Waals surface area contributed by atoms with Gasteiger partial charge >= 0.3 is 6.18 Å². The molecule has 20 heavy (non-hydrogen) atoms. The van der Waals surface area contributed by atoms with Crippen LogP contribution in [-0.4, -0.2) is 12.8 Å². The van der Waals surface area contributed by atoms with E-state index < -0.39 is 17.6 Å². The monoisotopic (exact) mass is 287 g/mol. The number of hydrogen-bond acceptors (Lipinski definition) is 2. The van der Waals surface area contributed by atoms with Gasteiger partial charge in [-0.25, -0.2) is 0 Å². The molecule has 1 aromatic carbocycles. The molecule has 0 amide bonds. The van der Waals surface area contributed by atoms with E-state index in [0.29, 0.717) is 30.8 Å². The first-order chi connectivity index (χ1) is 9.37. The molecule has 0 heterocycles. The highest BCUT2D eigenvalue weighted by Gasteiger charge is 2.47. The highest BCUT2D eigenvalue weighted by Crippen LogP contribution is 2.46. The van der Waals surface area contributed by atoms with Gasteiger partial charge in [-0.15, -0.1) is 0 Å². The van der Waals surface area contributed by atoms with E-state index in [-0.39, 0.29) is 12.8 Å². The van der Waals surface area contributed by atoms with Crippen LogP contribution in [0.3, 0.4) is 0 Å². The third-order valence-corrected chi connectivity index (χ3v) is 3.97. The summed E-state index contributed by atoms with van der Waals surface area (Å²) in [5, 5.41) is 0. The minimum Gasteiger partial charge on any atom is -0.494 e. The predicted octanol–water partition coefficient (Wildman–Crippen LogP) is 3.99. The third kappa shape index (κ3) is 3.08. The molecule has 2 atom stereocenters. The molecule has 1 aliphatic carbocycles. The molecule has 1 saturated carbocycles. The Bertz CT molecular complexity index is 461. The minimum atomic E-state index is -4.18. The molecule has 0 radical (unpaired) electrons. The van der Waals surface area contributed by atoms with Crippen molar-refractivity contribution in [3.8, 4) is 5.75 Å². The molecule has 0 aliphatic heterocycles. The Morgan fingerprint density at radius 2 is 2.05 bits per heavy atom. The van der Waals surface area contributed by atoms with Crippen LogP contribution in [0.15, 0.2) is 24.3 Å². The van der Waals surface area contributed by atoms with Crippen molar-refractivity contribution in [2.45, 2.75) is 44.3 Å². The lowest BCUT2D eigenvalue weighted by Crippen LogP contribution is -2.45. The lowest BCUT2D eigenvalue weighted by atomic mass is 9.72. The SMILES string of the molecule is CCOc1ccccc1C1(N)CCCC(C(F)(F)F)C1. The minimum absolute atomic E-state index is 0.0689. The van der Waals surface area contributed by atoms with E-state index in [1.165, 1.54) is 0 Å². The van der Waals surface area contributed by atoms with Gasteiger partial charge in [0.1, 0.15) is 5.75 Å². The largest absolute Gasteiger partial charge is 0.494 e. The quantitative estimate of drug-likeness (QED) is 0.912. The fraction of sp³-hybridized carbons (Fsp3) is 0.600. The molecule has 0 bridgehead atoms. The van der Waals surface area contributed by atoms with Crippen LogP contribution >= 0.6 is 0 Å². The maximum Gasteiger partial charge on any atom is 0.391 e. The summed E-state index contributed by atoms with van der Waals surface area (Å²) >= 11 is 0. The fourth-order valence-corrected chi connectivity index (χ4v) is 2.99.